The number of nitrogens with one attached hydrogen (secondary N) is 1. The molecule has 0 aromatic carbocycles. The van der Waals surface area contributed by atoms with Gasteiger partial charge in [-0.1, -0.05) is 0 Å². The molecule has 1 unspecified atom stereocenters. The number of anilines is 1. The van der Waals surface area contributed by atoms with Gasteiger partial charge >= 0.3 is 0 Å². The van der Waals surface area contributed by atoms with Crippen LogP contribution in [0.15, 0.2) is 5.38 Å². The largest absolute Gasteiger partial charge is 0.383 e. The van der Waals surface area contributed by atoms with Crippen molar-refractivity contribution in [1.29, 1.82) is 0 Å². The Morgan fingerprint density at radius 3 is 3.14 bits per heavy atom. The zero-order chi connectivity index (χ0) is 15.9. The van der Waals surface area contributed by atoms with Crippen LogP contribution in [0, 0.1) is 0 Å². The SMILES string of the molecule is CNC1CCCN(Cc2csc(N(CCOC)C(C)=O)n2)C1. The van der Waals surface area contributed by atoms with E-state index >= 15 is 0 Å². The number of carbonyl (C=O) groups is 1. The zero-order valence-electron chi connectivity index (χ0n) is 13.7. The molecule has 1 aromatic rings. The van der Waals surface area contributed by atoms with Crippen molar-refractivity contribution in [1.82, 2.24) is 15.2 Å². The predicted octanol–water partition coefficient (Wildman–Crippen LogP) is 1.33. The highest BCUT2D eigenvalue weighted by atomic mass is 32.1. The second-order valence-corrected chi connectivity index (χ2v) is 6.48. The molecule has 1 saturated heterocycles. The number of methoxy groups -OCH3 is 1. The lowest BCUT2D eigenvalue weighted by atomic mass is 10.1. The Balaban J connectivity index is 1.96. The molecule has 6 nitrogen and oxygen atoms in total. The fourth-order valence-electron chi connectivity index (χ4n) is 2.73. The Hall–Kier alpha value is -1.02. The van der Waals surface area contributed by atoms with Gasteiger partial charge in [0.2, 0.25) is 5.91 Å². The van der Waals surface area contributed by atoms with Crippen molar-refractivity contribution in [3.63, 3.8) is 0 Å². The molecule has 1 aromatic heterocycles. The van der Waals surface area contributed by atoms with Gasteiger partial charge in [0.05, 0.1) is 18.8 Å². The molecule has 0 aliphatic carbocycles. The van der Waals surface area contributed by atoms with Gasteiger partial charge in [-0.05, 0) is 26.4 Å². The summed E-state index contributed by atoms with van der Waals surface area (Å²) in [4.78, 5) is 20.5. The first-order chi connectivity index (χ1) is 10.6. The van der Waals surface area contributed by atoms with Crippen LogP contribution in [0.2, 0.25) is 0 Å². The van der Waals surface area contributed by atoms with E-state index in [0.717, 1.165) is 30.5 Å². The third kappa shape index (κ3) is 4.74. The molecule has 1 fully saturated rings. The van der Waals surface area contributed by atoms with Gasteiger partial charge in [0.15, 0.2) is 5.13 Å². The molecule has 124 valence electrons. The maximum Gasteiger partial charge on any atom is 0.225 e. The standard InChI is InChI=1S/C15H26N4O2S/c1-12(20)19(7-8-21-3)15-17-14(11-22-15)10-18-6-4-5-13(9-18)16-2/h11,13,16H,4-10H2,1-3H3. The number of piperidine rings is 1. The Kier molecular flexibility index (Phi) is 6.75. The van der Waals surface area contributed by atoms with Crippen LogP contribution in [-0.2, 0) is 16.1 Å². The smallest absolute Gasteiger partial charge is 0.225 e. The summed E-state index contributed by atoms with van der Waals surface area (Å²) in [7, 11) is 3.66. The summed E-state index contributed by atoms with van der Waals surface area (Å²) in [5, 5.41) is 6.18. The number of hydrogen-bond acceptors (Lipinski definition) is 6. The van der Waals surface area contributed by atoms with E-state index in [1.165, 1.54) is 24.2 Å². The van der Waals surface area contributed by atoms with Gasteiger partial charge < -0.3 is 10.1 Å². The number of likely N-dealkylation sites (N-methyl/N-ethyl adjacent to an activating group) is 1. The van der Waals surface area contributed by atoms with Crippen molar-refractivity contribution >= 4 is 22.4 Å². The van der Waals surface area contributed by atoms with Gasteiger partial charge in [0, 0.05) is 38.5 Å². The quantitative estimate of drug-likeness (QED) is 0.819. The highest BCUT2D eigenvalue weighted by molar-refractivity contribution is 7.14. The monoisotopic (exact) mass is 326 g/mol. The van der Waals surface area contributed by atoms with Gasteiger partial charge in [0.25, 0.3) is 0 Å². The fourth-order valence-corrected chi connectivity index (χ4v) is 3.61. The summed E-state index contributed by atoms with van der Waals surface area (Å²) >= 11 is 1.53. The van der Waals surface area contributed by atoms with Crippen molar-refractivity contribution in [3.05, 3.63) is 11.1 Å². The highest BCUT2D eigenvalue weighted by Gasteiger charge is 2.20. The normalized spacial score (nSPS) is 19.3. The van der Waals surface area contributed by atoms with E-state index in [1.807, 2.05) is 7.05 Å². The average Bonchev–Trinajstić information content (AvgIpc) is 2.95. The zero-order valence-corrected chi connectivity index (χ0v) is 14.5. The van der Waals surface area contributed by atoms with E-state index in [1.54, 1.807) is 18.9 Å². The first-order valence-corrected chi connectivity index (χ1v) is 8.63. The predicted molar refractivity (Wildman–Crippen MR) is 89.4 cm³/mol. The van der Waals surface area contributed by atoms with E-state index in [0.29, 0.717) is 19.2 Å². The van der Waals surface area contributed by atoms with Crippen LogP contribution < -0.4 is 10.2 Å². The van der Waals surface area contributed by atoms with Gasteiger partial charge in [-0.2, -0.15) is 0 Å². The Morgan fingerprint density at radius 1 is 1.64 bits per heavy atom. The molecular weight excluding hydrogens is 300 g/mol. The van der Waals surface area contributed by atoms with Gasteiger partial charge in [-0.3, -0.25) is 14.6 Å². The molecule has 1 atom stereocenters. The molecule has 2 heterocycles. The lowest BCUT2D eigenvalue weighted by molar-refractivity contribution is -0.116. The molecule has 22 heavy (non-hydrogen) atoms. The minimum Gasteiger partial charge on any atom is -0.383 e. The highest BCUT2D eigenvalue weighted by Crippen LogP contribution is 2.22. The molecule has 0 radical (unpaired) electrons. The van der Waals surface area contributed by atoms with Crippen LogP contribution in [0.1, 0.15) is 25.5 Å². The molecule has 0 spiro atoms. The maximum atomic E-state index is 11.7. The number of hydrogen-bond donors (Lipinski definition) is 1. The number of nitrogens with zero attached hydrogens (tertiary/aromatic N) is 3. The minimum atomic E-state index is 0.00571. The van der Waals surface area contributed by atoms with Crippen molar-refractivity contribution in [2.45, 2.75) is 32.4 Å². The molecule has 0 bridgehead atoms. The van der Waals surface area contributed by atoms with E-state index < -0.39 is 0 Å². The summed E-state index contributed by atoms with van der Waals surface area (Å²) in [6.07, 6.45) is 2.46. The van der Waals surface area contributed by atoms with Crippen molar-refractivity contribution < 1.29 is 9.53 Å². The third-order valence-electron chi connectivity index (χ3n) is 3.97. The number of aromatic nitrogens is 1. The summed E-state index contributed by atoms with van der Waals surface area (Å²) in [5.74, 6) is 0.00571. The van der Waals surface area contributed by atoms with Crippen LogP contribution in [0.3, 0.4) is 0 Å². The second-order valence-electron chi connectivity index (χ2n) is 5.65. The first-order valence-electron chi connectivity index (χ1n) is 7.75. The molecule has 7 heteroatoms. The van der Waals surface area contributed by atoms with Crippen molar-refractivity contribution in [2.75, 3.05) is 45.3 Å². The van der Waals surface area contributed by atoms with Crippen LogP contribution in [0.5, 0.6) is 0 Å². The Morgan fingerprint density at radius 2 is 2.45 bits per heavy atom. The lowest BCUT2D eigenvalue weighted by Gasteiger charge is -2.31. The number of carbonyl (C=O) groups excluding carboxylic acids is 1. The summed E-state index contributed by atoms with van der Waals surface area (Å²) in [5.41, 5.74) is 1.04. The summed E-state index contributed by atoms with van der Waals surface area (Å²) in [6.45, 7) is 5.66. The number of thiazole rings is 1. The third-order valence-corrected chi connectivity index (χ3v) is 4.88. The molecule has 2 rings (SSSR count). The van der Waals surface area contributed by atoms with E-state index in [9.17, 15) is 4.79 Å². The van der Waals surface area contributed by atoms with Crippen LogP contribution >= 0.6 is 11.3 Å². The Labute approximate surface area is 136 Å². The molecule has 0 saturated carbocycles. The van der Waals surface area contributed by atoms with Gasteiger partial charge in [-0.25, -0.2) is 4.98 Å². The maximum absolute atomic E-state index is 11.7. The van der Waals surface area contributed by atoms with E-state index in [2.05, 4.69) is 20.6 Å². The average molecular weight is 326 g/mol. The first kappa shape index (κ1) is 17.3. The van der Waals surface area contributed by atoms with Gasteiger partial charge in [0.1, 0.15) is 0 Å². The number of amides is 1. The van der Waals surface area contributed by atoms with Crippen molar-refractivity contribution in [3.8, 4) is 0 Å². The number of rotatable bonds is 7. The molecular formula is C15H26N4O2S. The fraction of sp³-hybridized carbons (Fsp3) is 0.733. The lowest BCUT2D eigenvalue weighted by Crippen LogP contribution is -2.43. The molecule has 1 aliphatic rings. The van der Waals surface area contributed by atoms with Gasteiger partial charge in [-0.15, -0.1) is 11.3 Å². The summed E-state index contributed by atoms with van der Waals surface area (Å²) in [6, 6.07) is 0.572. The molecule has 1 amide bonds. The topological polar surface area (TPSA) is 57.7 Å². The molecule has 1 N–H and O–H groups in total. The Bertz CT molecular complexity index is 480. The summed E-state index contributed by atoms with van der Waals surface area (Å²) < 4.78 is 5.06. The number of ether oxygens (including phenoxy) is 1. The van der Waals surface area contributed by atoms with E-state index in [-0.39, 0.29) is 5.91 Å². The second kappa shape index (κ2) is 8.57. The van der Waals surface area contributed by atoms with Crippen LogP contribution in [-0.4, -0.2) is 62.2 Å². The van der Waals surface area contributed by atoms with Crippen LogP contribution in [0.4, 0.5) is 5.13 Å². The minimum absolute atomic E-state index is 0.00571. The molecule has 1 aliphatic heterocycles. The van der Waals surface area contributed by atoms with Crippen molar-refractivity contribution in [2.24, 2.45) is 0 Å². The van der Waals surface area contributed by atoms with E-state index in [4.69, 9.17) is 4.74 Å². The van der Waals surface area contributed by atoms with Crippen LogP contribution in [0.25, 0.3) is 0 Å². The number of likely N-dealkylation sites (tertiary alicyclic amines) is 1.